The van der Waals surface area contributed by atoms with Gasteiger partial charge in [0, 0.05) is 31.1 Å². The fraction of sp³-hybridized carbons (Fsp3) is 0.412. The molecule has 0 atom stereocenters. The van der Waals surface area contributed by atoms with Gasteiger partial charge < -0.3 is 14.6 Å². The molecule has 1 N–H and O–H groups in total. The highest BCUT2D eigenvalue weighted by molar-refractivity contribution is 6.05. The molecule has 126 valence electrons. The lowest BCUT2D eigenvalue weighted by Gasteiger charge is -2.09. The smallest absolute Gasteiger partial charge is 0.251 e. The maximum Gasteiger partial charge on any atom is 0.251 e. The van der Waals surface area contributed by atoms with Crippen molar-refractivity contribution < 1.29 is 9.53 Å². The number of nitrogens with zero attached hydrogens (tertiary/aromatic N) is 4. The summed E-state index contributed by atoms with van der Waals surface area (Å²) < 4.78 is 7.03. The maximum atomic E-state index is 12.3. The van der Waals surface area contributed by atoms with Crippen LogP contribution in [-0.4, -0.2) is 45.9 Å². The number of amides is 1. The number of fused-ring (bicyclic) bond motifs is 3. The molecule has 7 nitrogen and oxygen atoms in total. The molecule has 0 saturated carbocycles. The summed E-state index contributed by atoms with van der Waals surface area (Å²) in [4.78, 5) is 16.6. The third-order valence-corrected chi connectivity index (χ3v) is 3.74. The average Bonchev–Trinajstić information content (AvgIpc) is 2.97. The number of nitrogens with one attached hydrogen (secondary N) is 1. The summed E-state index contributed by atoms with van der Waals surface area (Å²) >= 11 is 0. The maximum absolute atomic E-state index is 12.3. The number of carbonyl (C=O) groups excluding carboxylic acids is 1. The zero-order chi connectivity index (χ0) is 17.1. The van der Waals surface area contributed by atoms with Gasteiger partial charge in [0.05, 0.1) is 24.0 Å². The molecular weight excluding hydrogens is 306 g/mol. The lowest BCUT2D eigenvalue weighted by Crippen LogP contribution is -2.26. The minimum absolute atomic E-state index is 0.131. The van der Waals surface area contributed by atoms with E-state index >= 15 is 0 Å². The van der Waals surface area contributed by atoms with Crippen molar-refractivity contribution in [2.45, 2.75) is 20.4 Å². The molecule has 0 spiro atoms. The zero-order valence-electron chi connectivity index (χ0n) is 14.1. The van der Waals surface area contributed by atoms with E-state index in [0.29, 0.717) is 30.3 Å². The monoisotopic (exact) mass is 327 g/mol. The summed E-state index contributed by atoms with van der Waals surface area (Å²) in [6, 6.07) is 5.43. The molecule has 0 fully saturated rings. The number of rotatable bonds is 6. The Morgan fingerprint density at radius 1 is 1.33 bits per heavy atom. The molecule has 0 unspecified atom stereocenters. The summed E-state index contributed by atoms with van der Waals surface area (Å²) in [6.07, 6.45) is 1.78. The van der Waals surface area contributed by atoms with E-state index in [4.69, 9.17) is 4.74 Å². The van der Waals surface area contributed by atoms with Gasteiger partial charge in [-0.3, -0.25) is 4.79 Å². The molecule has 0 bridgehead atoms. The van der Waals surface area contributed by atoms with Crippen LogP contribution in [0.1, 0.15) is 24.2 Å². The Morgan fingerprint density at radius 3 is 2.92 bits per heavy atom. The van der Waals surface area contributed by atoms with Gasteiger partial charge in [-0.25, -0.2) is 4.98 Å². The number of carbonyl (C=O) groups is 1. The summed E-state index contributed by atoms with van der Waals surface area (Å²) in [5, 5.41) is 12.1. The molecule has 2 heterocycles. The first-order chi connectivity index (χ1) is 11.6. The SMILES string of the molecule is COCCNC(=O)c1ccc2nnc3ncn(CC(C)C)c3c2c1. The molecule has 1 aromatic carbocycles. The highest BCUT2D eigenvalue weighted by Crippen LogP contribution is 2.23. The Morgan fingerprint density at radius 2 is 2.17 bits per heavy atom. The first-order valence-electron chi connectivity index (χ1n) is 7.98. The number of methoxy groups -OCH3 is 1. The van der Waals surface area contributed by atoms with Crippen molar-refractivity contribution in [3.63, 3.8) is 0 Å². The van der Waals surface area contributed by atoms with Crippen LogP contribution in [0, 0.1) is 5.92 Å². The van der Waals surface area contributed by atoms with Crippen LogP contribution in [0.4, 0.5) is 0 Å². The minimum Gasteiger partial charge on any atom is -0.383 e. The number of hydrogen-bond donors (Lipinski definition) is 1. The fourth-order valence-electron chi connectivity index (χ4n) is 2.68. The number of hydrogen-bond acceptors (Lipinski definition) is 5. The molecule has 7 heteroatoms. The Hall–Kier alpha value is -2.54. The van der Waals surface area contributed by atoms with E-state index in [-0.39, 0.29) is 5.91 Å². The van der Waals surface area contributed by atoms with Gasteiger partial charge in [0.1, 0.15) is 0 Å². The van der Waals surface area contributed by atoms with E-state index in [0.717, 1.165) is 23.0 Å². The summed E-state index contributed by atoms with van der Waals surface area (Å²) in [7, 11) is 1.60. The van der Waals surface area contributed by atoms with E-state index in [2.05, 4.69) is 38.9 Å². The van der Waals surface area contributed by atoms with Crippen LogP contribution in [0.25, 0.3) is 22.1 Å². The van der Waals surface area contributed by atoms with Crippen molar-refractivity contribution >= 4 is 28.0 Å². The summed E-state index contributed by atoms with van der Waals surface area (Å²) in [6.45, 7) is 6.09. The molecule has 0 aliphatic heterocycles. The molecule has 0 aliphatic carbocycles. The van der Waals surface area contributed by atoms with Crippen molar-refractivity contribution in [2.24, 2.45) is 5.92 Å². The normalized spacial score (nSPS) is 11.5. The Labute approximate surface area is 140 Å². The van der Waals surface area contributed by atoms with E-state index in [1.807, 2.05) is 12.1 Å². The number of imidazole rings is 1. The van der Waals surface area contributed by atoms with Crippen molar-refractivity contribution in [3.05, 3.63) is 30.1 Å². The van der Waals surface area contributed by atoms with Crippen LogP contribution in [0.3, 0.4) is 0 Å². The minimum atomic E-state index is -0.131. The number of benzene rings is 1. The second-order valence-corrected chi connectivity index (χ2v) is 6.14. The third kappa shape index (κ3) is 3.21. The van der Waals surface area contributed by atoms with Crippen LogP contribution in [0.15, 0.2) is 24.5 Å². The highest BCUT2D eigenvalue weighted by atomic mass is 16.5. The van der Waals surface area contributed by atoms with Gasteiger partial charge in [-0.2, -0.15) is 0 Å². The van der Waals surface area contributed by atoms with E-state index in [9.17, 15) is 4.79 Å². The predicted octanol–water partition coefficient (Wildman–Crippen LogP) is 2.01. The molecule has 0 aliphatic rings. The Bertz CT molecular complexity index is 872. The van der Waals surface area contributed by atoms with E-state index < -0.39 is 0 Å². The van der Waals surface area contributed by atoms with E-state index in [1.165, 1.54) is 0 Å². The van der Waals surface area contributed by atoms with Crippen molar-refractivity contribution in [2.75, 3.05) is 20.3 Å². The van der Waals surface area contributed by atoms with Gasteiger partial charge in [0.15, 0.2) is 0 Å². The molecule has 1 amide bonds. The molecule has 0 saturated heterocycles. The van der Waals surface area contributed by atoms with Gasteiger partial charge >= 0.3 is 0 Å². The molecule has 2 aromatic heterocycles. The van der Waals surface area contributed by atoms with Crippen molar-refractivity contribution in [3.8, 4) is 0 Å². The second-order valence-electron chi connectivity index (χ2n) is 6.14. The fourth-order valence-corrected chi connectivity index (χ4v) is 2.68. The topological polar surface area (TPSA) is 81.9 Å². The first kappa shape index (κ1) is 16.3. The molecule has 24 heavy (non-hydrogen) atoms. The second kappa shape index (κ2) is 6.92. The largest absolute Gasteiger partial charge is 0.383 e. The van der Waals surface area contributed by atoms with Crippen LogP contribution in [-0.2, 0) is 11.3 Å². The van der Waals surface area contributed by atoms with Crippen LogP contribution in [0.2, 0.25) is 0 Å². The molecule has 0 radical (unpaired) electrons. The number of ether oxygens (including phenoxy) is 1. The average molecular weight is 327 g/mol. The lowest BCUT2D eigenvalue weighted by molar-refractivity contribution is 0.0937. The van der Waals surface area contributed by atoms with Crippen molar-refractivity contribution in [1.82, 2.24) is 25.1 Å². The molecule has 3 rings (SSSR count). The third-order valence-electron chi connectivity index (χ3n) is 3.74. The quantitative estimate of drug-likeness (QED) is 0.700. The Balaban J connectivity index is 2.04. The van der Waals surface area contributed by atoms with Crippen molar-refractivity contribution in [1.29, 1.82) is 0 Å². The molecule has 3 aromatic rings. The van der Waals surface area contributed by atoms with Crippen LogP contribution < -0.4 is 5.32 Å². The predicted molar refractivity (Wildman–Crippen MR) is 91.9 cm³/mol. The summed E-state index contributed by atoms with van der Waals surface area (Å²) in [5.41, 5.74) is 2.85. The van der Waals surface area contributed by atoms with Gasteiger partial charge in [-0.05, 0) is 24.1 Å². The lowest BCUT2D eigenvalue weighted by atomic mass is 10.1. The van der Waals surface area contributed by atoms with Gasteiger partial charge in [-0.15, -0.1) is 10.2 Å². The summed E-state index contributed by atoms with van der Waals surface area (Å²) in [5.74, 6) is 0.347. The van der Waals surface area contributed by atoms with Crippen LogP contribution in [0.5, 0.6) is 0 Å². The van der Waals surface area contributed by atoms with Gasteiger partial charge in [-0.1, -0.05) is 13.8 Å². The van der Waals surface area contributed by atoms with Gasteiger partial charge in [0.2, 0.25) is 5.65 Å². The number of aromatic nitrogens is 4. The molecular formula is C17H21N5O2. The first-order valence-corrected chi connectivity index (χ1v) is 7.98. The van der Waals surface area contributed by atoms with Crippen LogP contribution >= 0.6 is 0 Å². The highest BCUT2D eigenvalue weighted by Gasteiger charge is 2.13. The standard InChI is InChI=1S/C17H21N5O2/c1-11(2)9-22-10-19-16-15(22)13-8-12(4-5-14(13)20-21-16)17(23)18-6-7-24-3/h4-5,8,10-11H,6-7,9H2,1-3H3,(H,18,23). The van der Waals surface area contributed by atoms with E-state index in [1.54, 1.807) is 19.5 Å². The Kier molecular flexibility index (Phi) is 4.71. The zero-order valence-corrected chi connectivity index (χ0v) is 14.1. The van der Waals surface area contributed by atoms with Gasteiger partial charge in [0.25, 0.3) is 5.91 Å².